The van der Waals surface area contributed by atoms with Crippen LogP contribution in [-0.2, 0) is 10.2 Å². The Morgan fingerprint density at radius 3 is 2.47 bits per heavy atom. The van der Waals surface area contributed by atoms with E-state index in [9.17, 15) is 13.5 Å². The average Bonchev–Trinajstić information content (AvgIpc) is 3.19. The molecule has 2 aliphatic rings. The number of rotatable bonds is 6. The van der Waals surface area contributed by atoms with Crippen LogP contribution in [0.15, 0.2) is 0 Å². The smallest absolute Gasteiger partial charge is 0.282 e. The molecular formula is C13H26N2O3S. The highest BCUT2D eigenvalue weighted by atomic mass is 32.2. The van der Waals surface area contributed by atoms with Crippen molar-refractivity contribution in [2.45, 2.75) is 45.6 Å². The fourth-order valence-corrected chi connectivity index (χ4v) is 4.65. The summed E-state index contributed by atoms with van der Waals surface area (Å²) < 4.78 is 28.7. The molecular weight excluding hydrogens is 264 g/mol. The molecule has 19 heavy (non-hydrogen) atoms. The highest BCUT2D eigenvalue weighted by Gasteiger charge is 2.37. The minimum absolute atomic E-state index is 0.0000954. The van der Waals surface area contributed by atoms with E-state index in [0.717, 1.165) is 25.7 Å². The molecule has 6 heteroatoms. The summed E-state index contributed by atoms with van der Waals surface area (Å²) in [4.78, 5) is 0. The first-order valence-corrected chi connectivity index (χ1v) is 8.72. The van der Waals surface area contributed by atoms with Gasteiger partial charge < -0.3 is 5.11 Å². The predicted molar refractivity (Wildman–Crippen MR) is 74.9 cm³/mol. The lowest BCUT2D eigenvalue weighted by Gasteiger charge is -2.36. The largest absolute Gasteiger partial charge is 0.396 e. The summed E-state index contributed by atoms with van der Waals surface area (Å²) in [5.74, 6) is 0.647. The molecule has 0 bridgehead atoms. The van der Waals surface area contributed by atoms with Gasteiger partial charge in [0, 0.05) is 32.3 Å². The maximum Gasteiger partial charge on any atom is 0.282 e. The van der Waals surface area contributed by atoms with Crippen LogP contribution in [0, 0.1) is 11.8 Å². The molecule has 112 valence electrons. The summed E-state index contributed by atoms with van der Waals surface area (Å²) in [6.07, 6.45) is 4.07. The van der Waals surface area contributed by atoms with E-state index in [-0.39, 0.29) is 18.6 Å². The second-order valence-corrected chi connectivity index (χ2v) is 8.04. The van der Waals surface area contributed by atoms with Gasteiger partial charge in [0.15, 0.2) is 0 Å². The Bertz CT molecular complexity index is 393. The molecule has 1 saturated carbocycles. The Balaban J connectivity index is 2.08. The summed E-state index contributed by atoms with van der Waals surface area (Å²) >= 11 is 0. The molecule has 1 heterocycles. The highest BCUT2D eigenvalue weighted by Crippen LogP contribution is 2.32. The van der Waals surface area contributed by atoms with E-state index in [1.807, 2.05) is 13.8 Å². The zero-order chi connectivity index (χ0) is 14.0. The molecule has 0 aromatic heterocycles. The van der Waals surface area contributed by atoms with E-state index in [0.29, 0.717) is 25.6 Å². The predicted octanol–water partition coefficient (Wildman–Crippen LogP) is 1.06. The van der Waals surface area contributed by atoms with E-state index in [4.69, 9.17) is 0 Å². The number of nitrogens with zero attached hydrogens (tertiary/aromatic N) is 2. The van der Waals surface area contributed by atoms with E-state index < -0.39 is 10.2 Å². The van der Waals surface area contributed by atoms with Gasteiger partial charge in [-0.1, -0.05) is 0 Å². The van der Waals surface area contributed by atoms with Crippen LogP contribution in [0.2, 0.25) is 0 Å². The van der Waals surface area contributed by atoms with Crippen LogP contribution in [0.25, 0.3) is 0 Å². The van der Waals surface area contributed by atoms with Crippen molar-refractivity contribution in [3.8, 4) is 0 Å². The van der Waals surface area contributed by atoms with E-state index >= 15 is 0 Å². The highest BCUT2D eigenvalue weighted by molar-refractivity contribution is 7.86. The van der Waals surface area contributed by atoms with Gasteiger partial charge in [0.1, 0.15) is 0 Å². The maximum atomic E-state index is 12.7. The van der Waals surface area contributed by atoms with Gasteiger partial charge in [-0.2, -0.15) is 17.0 Å². The fraction of sp³-hybridized carbons (Fsp3) is 1.00. The lowest BCUT2D eigenvalue weighted by molar-refractivity contribution is 0.158. The lowest BCUT2D eigenvalue weighted by atomic mass is 10.0. The summed E-state index contributed by atoms with van der Waals surface area (Å²) in [6.45, 7) is 5.66. The third-order valence-electron chi connectivity index (χ3n) is 4.07. The van der Waals surface area contributed by atoms with Crippen molar-refractivity contribution >= 4 is 10.2 Å². The van der Waals surface area contributed by atoms with Crippen LogP contribution in [0.3, 0.4) is 0 Å². The number of piperidine rings is 1. The van der Waals surface area contributed by atoms with Crippen molar-refractivity contribution in [1.29, 1.82) is 0 Å². The van der Waals surface area contributed by atoms with Gasteiger partial charge >= 0.3 is 0 Å². The second-order valence-electron chi connectivity index (χ2n) is 6.16. The van der Waals surface area contributed by atoms with Crippen molar-refractivity contribution < 1.29 is 13.5 Å². The van der Waals surface area contributed by atoms with Gasteiger partial charge in [-0.05, 0) is 51.4 Å². The third-order valence-corrected chi connectivity index (χ3v) is 6.22. The van der Waals surface area contributed by atoms with Gasteiger partial charge in [-0.15, -0.1) is 0 Å². The molecule has 0 aromatic carbocycles. The summed E-state index contributed by atoms with van der Waals surface area (Å²) in [5, 5.41) is 9.24. The van der Waals surface area contributed by atoms with Gasteiger partial charge in [-0.25, -0.2) is 0 Å². The van der Waals surface area contributed by atoms with Gasteiger partial charge in [0.25, 0.3) is 10.2 Å². The van der Waals surface area contributed by atoms with Crippen molar-refractivity contribution in [1.82, 2.24) is 8.61 Å². The van der Waals surface area contributed by atoms with Crippen molar-refractivity contribution in [2.24, 2.45) is 11.8 Å². The molecule has 1 aliphatic carbocycles. The monoisotopic (exact) mass is 290 g/mol. The summed E-state index contributed by atoms with van der Waals surface area (Å²) in [5.41, 5.74) is 0. The quantitative estimate of drug-likeness (QED) is 0.795. The van der Waals surface area contributed by atoms with Crippen LogP contribution in [0.1, 0.15) is 39.5 Å². The Morgan fingerprint density at radius 1 is 1.26 bits per heavy atom. The van der Waals surface area contributed by atoms with E-state index in [1.165, 1.54) is 0 Å². The maximum absolute atomic E-state index is 12.7. The number of hydrogen-bond acceptors (Lipinski definition) is 3. The molecule has 1 N–H and O–H groups in total. The first-order chi connectivity index (χ1) is 8.95. The molecule has 5 nitrogen and oxygen atoms in total. The van der Waals surface area contributed by atoms with Crippen LogP contribution in [0.4, 0.5) is 0 Å². The minimum atomic E-state index is -3.37. The van der Waals surface area contributed by atoms with Crippen molar-refractivity contribution in [3.05, 3.63) is 0 Å². The molecule has 1 unspecified atom stereocenters. The zero-order valence-electron chi connectivity index (χ0n) is 12.0. The molecule has 0 spiro atoms. The Morgan fingerprint density at radius 2 is 1.95 bits per heavy atom. The first kappa shape index (κ1) is 15.2. The number of hydrogen-bond donors (Lipinski definition) is 1. The average molecular weight is 290 g/mol. The second kappa shape index (κ2) is 6.08. The van der Waals surface area contributed by atoms with Crippen LogP contribution >= 0.6 is 0 Å². The first-order valence-electron chi connectivity index (χ1n) is 7.33. The molecule has 0 radical (unpaired) electrons. The van der Waals surface area contributed by atoms with E-state index in [1.54, 1.807) is 8.61 Å². The molecule has 1 saturated heterocycles. The van der Waals surface area contributed by atoms with Gasteiger partial charge in [0.2, 0.25) is 0 Å². The standard InChI is InChI=1S/C13H26N2O3S/c1-11(2)15(9-12-5-6-12)19(17,18)14-7-3-4-13(8-14)10-16/h11-13,16H,3-10H2,1-2H3. The molecule has 1 atom stereocenters. The van der Waals surface area contributed by atoms with Crippen LogP contribution in [-0.4, -0.2) is 54.4 Å². The van der Waals surface area contributed by atoms with Crippen molar-refractivity contribution in [3.63, 3.8) is 0 Å². The van der Waals surface area contributed by atoms with Crippen LogP contribution < -0.4 is 0 Å². The van der Waals surface area contributed by atoms with Gasteiger partial charge in [0.05, 0.1) is 0 Å². The number of aliphatic hydroxyl groups is 1. The van der Waals surface area contributed by atoms with Gasteiger partial charge in [-0.3, -0.25) is 0 Å². The van der Waals surface area contributed by atoms with E-state index in [2.05, 4.69) is 0 Å². The normalized spacial score (nSPS) is 26.3. The molecule has 2 rings (SSSR count). The Kier molecular flexibility index (Phi) is 4.87. The Hall–Kier alpha value is -0.170. The molecule has 0 aromatic rings. The molecule has 1 aliphatic heterocycles. The fourth-order valence-electron chi connectivity index (χ4n) is 2.66. The lowest BCUT2D eigenvalue weighted by Crippen LogP contribution is -2.51. The Labute approximate surface area is 116 Å². The summed E-state index contributed by atoms with van der Waals surface area (Å²) in [6, 6.07) is 0.0000954. The molecule has 0 amide bonds. The summed E-state index contributed by atoms with van der Waals surface area (Å²) in [7, 11) is -3.37. The topological polar surface area (TPSA) is 60.9 Å². The van der Waals surface area contributed by atoms with Crippen molar-refractivity contribution in [2.75, 3.05) is 26.2 Å². The SMILES string of the molecule is CC(C)N(CC1CC1)S(=O)(=O)N1CCCC(CO)C1. The zero-order valence-corrected chi connectivity index (χ0v) is 12.8. The third kappa shape index (κ3) is 3.68. The molecule has 2 fully saturated rings. The minimum Gasteiger partial charge on any atom is -0.396 e. The van der Waals surface area contributed by atoms with Crippen LogP contribution in [0.5, 0.6) is 0 Å². The number of aliphatic hydroxyl groups excluding tert-OH is 1.